The van der Waals surface area contributed by atoms with Gasteiger partial charge in [0, 0.05) is 52.9 Å². The van der Waals surface area contributed by atoms with Crippen molar-refractivity contribution in [3.63, 3.8) is 0 Å². The van der Waals surface area contributed by atoms with Crippen molar-refractivity contribution in [3.8, 4) is 0 Å². The van der Waals surface area contributed by atoms with Crippen molar-refractivity contribution in [3.05, 3.63) is 47.7 Å². The molecular formula is C19H24F3N5. The van der Waals surface area contributed by atoms with E-state index in [2.05, 4.69) is 27.0 Å². The number of rotatable bonds is 5. The highest BCUT2D eigenvalue weighted by molar-refractivity contribution is 5.45. The Bertz CT molecular complexity index is 741. The Kier molecular flexibility index (Phi) is 5.84. The number of alkyl halides is 3. The zero-order valence-electron chi connectivity index (χ0n) is 15.6. The summed E-state index contributed by atoms with van der Waals surface area (Å²) in [7, 11) is 3.35. The van der Waals surface area contributed by atoms with Crippen molar-refractivity contribution in [2.24, 2.45) is 0 Å². The highest BCUT2D eigenvalue weighted by Crippen LogP contribution is 2.31. The highest BCUT2D eigenvalue weighted by Gasteiger charge is 2.34. The molecule has 0 aliphatic carbocycles. The average Bonchev–Trinajstić information content (AvgIpc) is 2.66. The molecule has 0 saturated carbocycles. The molecule has 0 atom stereocenters. The highest BCUT2D eigenvalue weighted by atomic mass is 19.4. The molecule has 27 heavy (non-hydrogen) atoms. The van der Waals surface area contributed by atoms with Crippen LogP contribution in [0.4, 0.5) is 24.9 Å². The number of hydrogen-bond donors (Lipinski definition) is 0. The zero-order chi connectivity index (χ0) is 19.4. The second-order valence-corrected chi connectivity index (χ2v) is 6.87. The van der Waals surface area contributed by atoms with Gasteiger partial charge in [0.05, 0.1) is 0 Å². The summed E-state index contributed by atoms with van der Waals surface area (Å²) in [5.41, 5.74) is 0.388. The Labute approximate surface area is 157 Å². The van der Waals surface area contributed by atoms with E-state index in [0.717, 1.165) is 32.1 Å². The maximum absolute atomic E-state index is 13.2. The summed E-state index contributed by atoms with van der Waals surface area (Å²) in [6.07, 6.45) is -3.52. The van der Waals surface area contributed by atoms with E-state index in [9.17, 15) is 13.2 Å². The second-order valence-electron chi connectivity index (χ2n) is 6.87. The molecule has 0 unspecified atom stereocenters. The number of hydrogen-bond acceptors (Lipinski definition) is 5. The van der Waals surface area contributed by atoms with Crippen LogP contribution in [-0.4, -0.2) is 61.7 Å². The molecule has 5 nitrogen and oxygen atoms in total. The molecule has 0 amide bonds. The van der Waals surface area contributed by atoms with E-state index in [4.69, 9.17) is 0 Å². The van der Waals surface area contributed by atoms with Crippen molar-refractivity contribution < 1.29 is 13.2 Å². The van der Waals surface area contributed by atoms with Crippen LogP contribution in [-0.2, 0) is 12.6 Å². The van der Waals surface area contributed by atoms with Gasteiger partial charge in [-0.05, 0) is 12.0 Å². The van der Waals surface area contributed by atoms with E-state index >= 15 is 0 Å². The summed E-state index contributed by atoms with van der Waals surface area (Å²) < 4.78 is 39.5. The van der Waals surface area contributed by atoms with Gasteiger partial charge in [0.15, 0.2) is 5.69 Å². The molecule has 8 heteroatoms. The van der Waals surface area contributed by atoms with Crippen LogP contribution >= 0.6 is 0 Å². The van der Waals surface area contributed by atoms with E-state index in [1.807, 2.05) is 23.1 Å². The third-order valence-corrected chi connectivity index (χ3v) is 4.66. The molecule has 1 aliphatic rings. The van der Waals surface area contributed by atoms with Crippen LogP contribution in [0.2, 0.25) is 0 Å². The van der Waals surface area contributed by atoms with Gasteiger partial charge in [-0.3, -0.25) is 4.90 Å². The van der Waals surface area contributed by atoms with Crippen LogP contribution in [0.1, 0.15) is 11.3 Å². The van der Waals surface area contributed by atoms with Crippen LogP contribution < -0.4 is 9.80 Å². The Morgan fingerprint density at radius 1 is 1.00 bits per heavy atom. The Morgan fingerprint density at radius 3 is 2.26 bits per heavy atom. The Hall–Kier alpha value is -2.35. The summed E-state index contributed by atoms with van der Waals surface area (Å²) in [4.78, 5) is 13.8. The lowest BCUT2D eigenvalue weighted by molar-refractivity contribution is -0.141. The fourth-order valence-corrected chi connectivity index (χ4v) is 3.04. The standard InChI is InChI=1S/C19H24F3N5/c1-25(2)17-14-16(19(20,21)22)23-18(24-17)27-12-10-26(11-13-27)9-8-15-6-4-3-5-7-15/h3-7,14H,8-13H2,1-2H3. The van der Waals surface area contributed by atoms with Gasteiger partial charge in [-0.2, -0.15) is 18.2 Å². The molecule has 1 fully saturated rings. The molecule has 2 aromatic rings. The van der Waals surface area contributed by atoms with Gasteiger partial charge < -0.3 is 9.80 Å². The predicted molar refractivity (Wildman–Crippen MR) is 100 cm³/mol. The fraction of sp³-hybridized carbons (Fsp3) is 0.474. The lowest BCUT2D eigenvalue weighted by Crippen LogP contribution is -2.47. The number of nitrogens with zero attached hydrogens (tertiary/aromatic N) is 5. The fourth-order valence-electron chi connectivity index (χ4n) is 3.04. The SMILES string of the molecule is CN(C)c1cc(C(F)(F)F)nc(N2CCN(CCc3ccccc3)CC2)n1. The number of benzene rings is 1. The average molecular weight is 379 g/mol. The smallest absolute Gasteiger partial charge is 0.363 e. The minimum absolute atomic E-state index is 0.149. The van der Waals surface area contributed by atoms with Gasteiger partial charge in [-0.1, -0.05) is 30.3 Å². The van der Waals surface area contributed by atoms with E-state index < -0.39 is 11.9 Å². The molecule has 1 aromatic heterocycles. The van der Waals surface area contributed by atoms with Gasteiger partial charge in [0.25, 0.3) is 0 Å². The summed E-state index contributed by atoms with van der Waals surface area (Å²) in [6.45, 7) is 3.73. The minimum Gasteiger partial charge on any atom is -0.363 e. The van der Waals surface area contributed by atoms with E-state index in [0.29, 0.717) is 13.1 Å². The first-order valence-corrected chi connectivity index (χ1v) is 8.98. The molecule has 3 rings (SSSR count). The van der Waals surface area contributed by atoms with Crippen molar-refractivity contribution in [1.82, 2.24) is 14.9 Å². The number of halogens is 3. The first-order chi connectivity index (χ1) is 12.8. The van der Waals surface area contributed by atoms with Crippen molar-refractivity contribution in [2.75, 3.05) is 56.6 Å². The molecule has 146 valence electrons. The number of aromatic nitrogens is 2. The van der Waals surface area contributed by atoms with Crippen molar-refractivity contribution in [1.29, 1.82) is 0 Å². The van der Waals surface area contributed by atoms with Crippen molar-refractivity contribution in [2.45, 2.75) is 12.6 Å². The van der Waals surface area contributed by atoms with Gasteiger partial charge in [0.1, 0.15) is 5.82 Å². The lowest BCUT2D eigenvalue weighted by Gasteiger charge is -2.35. The molecule has 2 heterocycles. The van der Waals surface area contributed by atoms with Gasteiger partial charge in [0.2, 0.25) is 5.95 Å². The molecule has 0 N–H and O–H groups in total. The topological polar surface area (TPSA) is 35.5 Å². The largest absolute Gasteiger partial charge is 0.433 e. The predicted octanol–water partition coefficient (Wildman–Crippen LogP) is 2.93. The minimum atomic E-state index is -4.49. The lowest BCUT2D eigenvalue weighted by atomic mass is 10.1. The van der Waals surface area contributed by atoms with Crippen LogP contribution in [0.25, 0.3) is 0 Å². The third kappa shape index (κ3) is 5.09. The third-order valence-electron chi connectivity index (χ3n) is 4.66. The Morgan fingerprint density at radius 2 is 1.67 bits per heavy atom. The zero-order valence-corrected chi connectivity index (χ0v) is 15.6. The van der Waals surface area contributed by atoms with Crippen LogP contribution in [0.15, 0.2) is 36.4 Å². The van der Waals surface area contributed by atoms with Gasteiger partial charge >= 0.3 is 6.18 Å². The molecule has 1 aliphatic heterocycles. The molecule has 0 bridgehead atoms. The van der Waals surface area contributed by atoms with E-state index in [1.165, 1.54) is 5.56 Å². The maximum atomic E-state index is 13.2. The molecule has 1 saturated heterocycles. The summed E-state index contributed by atoms with van der Waals surface area (Å²) in [5, 5.41) is 0. The van der Waals surface area contributed by atoms with Crippen LogP contribution in [0.3, 0.4) is 0 Å². The van der Waals surface area contributed by atoms with Crippen molar-refractivity contribution >= 4 is 11.8 Å². The second kappa shape index (κ2) is 8.12. The first kappa shape index (κ1) is 19.4. The molecule has 0 spiro atoms. The number of piperazine rings is 1. The van der Waals surface area contributed by atoms with Crippen LogP contribution in [0, 0.1) is 0 Å². The van der Waals surface area contributed by atoms with Gasteiger partial charge in [-0.15, -0.1) is 0 Å². The molecule has 0 radical (unpaired) electrons. The monoisotopic (exact) mass is 379 g/mol. The molecular weight excluding hydrogens is 355 g/mol. The van der Waals surface area contributed by atoms with Gasteiger partial charge in [-0.25, -0.2) is 4.98 Å². The van der Waals surface area contributed by atoms with E-state index in [1.54, 1.807) is 19.0 Å². The molecule has 1 aromatic carbocycles. The first-order valence-electron chi connectivity index (χ1n) is 8.98. The summed E-state index contributed by atoms with van der Waals surface area (Å²) >= 11 is 0. The summed E-state index contributed by atoms with van der Waals surface area (Å²) in [5.74, 6) is 0.412. The quantitative estimate of drug-likeness (QED) is 0.798. The number of anilines is 2. The summed E-state index contributed by atoms with van der Waals surface area (Å²) in [6, 6.07) is 11.3. The normalized spacial score (nSPS) is 15.8. The van der Waals surface area contributed by atoms with Crippen LogP contribution in [0.5, 0.6) is 0 Å². The Balaban J connectivity index is 1.64. The van der Waals surface area contributed by atoms with E-state index in [-0.39, 0.29) is 11.8 Å². The maximum Gasteiger partial charge on any atom is 0.433 e.